The van der Waals surface area contributed by atoms with E-state index in [2.05, 4.69) is 5.32 Å². The largest absolute Gasteiger partial charge is 0.449 e. The molecule has 2 heterocycles. The molecule has 0 aliphatic carbocycles. The smallest absolute Gasteiger partial charge is 0.291 e. The van der Waals surface area contributed by atoms with Gasteiger partial charge in [0, 0.05) is 30.6 Å². The van der Waals surface area contributed by atoms with Crippen LogP contribution in [0.2, 0.25) is 0 Å². The zero-order valence-corrected chi connectivity index (χ0v) is 17.0. The normalized spacial score (nSPS) is 14.3. The third-order valence-electron chi connectivity index (χ3n) is 5.46. The number of carbonyl (C=O) groups is 2. The Balaban J connectivity index is 1.58. The van der Waals surface area contributed by atoms with E-state index in [1.54, 1.807) is 29.2 Å². The highest BCUT2D eigenvalue weighted by Gasteiger charge is 2.27. The van der Waals surface area contributed by atoms with E-state index in [-0.39, 0.29) is 29.7 Å². The maximum atomic E-state index is 13.2. The van der Waals surface area contributed by atoms with Crippen molar-refractivity contribution >= 4 is 34.2 Å². The summed E-state index contributed by atoms with van der Waals surface area (Å²) in [6.07, 6.45) is 4.13. The molecular formula is C23H23N3O5. The summed E-state index contributed by atoms with van der Waals surface area (Å²) >= 11 is 0. The van der Waals surface area contributed by atoms with E-state index in [4.69, 9.17) is 4.42 Å². The monoisotopic (exact) mass is 421 g/mol. The fraction of sp³-hybridized carbons (Fsp3) is 0.304. The van der Waals surface area contributed by atoms with E-state index >= 15 is 0 Å². The fourth-order valence-electron chi connectivity index (χ4n) is 3.84. The van der Waals surface area contributed by atoms with Crippen LogP contribution in [0.5, 0.6) is 0 Å². The standard InChI is InChI=1S/C23H23N3O5/c27-20(15-16-9-11-17(12-10-16)26(29)30)24-21-18-7-3-4-8-19(18)31-22(21)23(28)25-13-5-1-2-6-14-25/h3-4,7-12H,1-2,5-6,13-15H2,(H,24,27). The van der Waals surface area contributed by atoms with Gasteiger partial charge in [0.15, 0.2) is 0 Å². The van der Waals surface area contributed by atoms with Gasteiger partial charge in [0.2, 0.25) is 11.7 Å². The number of rotatable bonds is 5. The lowest BCUT2D eigenvalue weighted by Crippen LogP contribution is -2.32. The van der Waals surface area contributed by atoms with Crippen molar-refractivity contribution in [3.63, 3.8) is 0 Å². The second-order valence-corrected chi connectivity index (χ2v) is 7.66. The molecule has 1 aromatic heterocycles. The quantitative estimate of drug-likeness (QED) is 0.481. The number of carbonyl (C=O) groups excluding carboxylic acids is 2. The van der Waals surface area contributed by atoms with Crippen molar-refractivity contribution in [2.24, 2.45) is 0 Å². The molecule has 0 saturated carbocycles. The van der Waals surface area contributed by atoms with Crippen LogP contribution in [0.15, 0.2) is 52.9 Å². The van der Waals surface area contributed by atoms with Crippen molar-refractivity contribution in [1.29, 1.82) is 0 Å². The number of amides is 2. The van der Waals surface area contributed by atoms with Crippen molar-refractivity contribution in [1.82, 2.24) is 4.90 Å². The first-order valence-electron chi connectivity index (χ1n) is 10.4. The summed E-state index contributed by atoms with van der Waals surface area (Å²) in [6.45, 7) is 1.35. The molecule has 0 radical (unpaired) electrons. The number of hydrogen-bond donors (Lipinski definition) is 1. The molecule has 3 aromatic rings. The molecule has 0 unspecified atom stereocenters. The lowest BCUT2D eigenvalue weighted by atomic mass is 10.1. The predicted octanol–water partition coefficient (Wildman–Crippen LogP) is 4.54. The molecule has 0 bridgehead atoms. The van der Waals surface area contributed by atoms with Gasteiger partial charge in [0.25, 0.3) is 11.6 Å². The van der Waals surface area contributed by atoms with E-state index in [1.807, 2.05) is 12.1 Å². The summed E-state index contributed by atoms with van der Waals surface area (Å²) in [5, 5.41) is 14.3. The first-order valence-corrected chi connectivity index (χ1v) is 10.4. The molecular weight excluding hydrogens is 398 g/mol. The number of nitrogens with one attached hydrogen (secondary N) is 1. The van der Waals surface area contributed by atoms with E-state index in [9.17, 15) is 19.7 Å². The van der Waals surface area contributed by atoms with Crippen LogP contribution in [0.1, 0.15) is 41.8 Å². The number of non-ortho nitro benzene ring substituents is 1. The molecule has 8 heteroatoms. The van der Waals surface area contributed by atoms with Crippen molar-refractivity contribution in [2.45, 2.75) is 32.1 Å². The highest BCUT2D eigenvalue weighted by atomic mass is 16.6. The van der Waals surface area contributed by atoms with E-state index in [0.29, 0.717) is 35.3 Å². The van der Waals surface area contributed by atoms with Crippen LogP contribution in [0.3, 0.4) is 0 Å². The van der Waals surface area contributed by atoms with Gasteiger partial charge in [-0.15, -0.1) is 0 Å². The molecule has 1 aliphatic rings. The van der Waals surface area contributed by atoms with Crippen LogP contribution >= 0.6 is 0 Å². The van der Waals surface area contributed by atoms with Gasteiger partial charge >= 0.3 is 0 Å². The first-order chi connectivity index (χ1) is 15.0. The van der Waals surface area contributed by atoms with Crippen LogP contribution < -0.4 is 5.32 Å². The summed E-state index contributed by atoms with van der Waals surface area (Å²) in [5.74, 6) is -0.408. The Morgan fingerprint density at radius 3 is 2.35 bits per heavy atom. The summed E-state index contributed by atoms with van der Waals surface area (Å²) in [5.41, 5.74) is 1.51. The Labute approximate surface area is 179 Å². The molecule has 31 heavy (non-hydrogen) atoms. The Morgan fingerprint density at radius 1 is 1.00 bits per heavy atom. The Morgan fingerprint density at radius 2 is 1.68 bits per heavy atom. The van der Waals surface area contributed by atoms with Crippen LogP contribution in [0, 0.1) is 10.1 Å². The van der Waals surface area contributed by atoms with Crippen molar-refractivity contribution in [3.05, 3.63) is 70.0 Å². The molecule has 0 spiro atoms. The van der Waals surface area contributed by atoms with Crippen LogP contribution in [0.25, 0.3) is 11.0 Å². The Bertz CT molecular complexity index is 1110. The maximum Gasteiger partial charge on any atom is 0.291 e. The van der Waals surface area contributed by atoms with Crippen molar-refractivity contribution in [3.8, 4) is 0 Å². The Hall–Kier alpha value is -3.68. The van der Waals surface area contributed by atoms with Crippen LogP contribution in [-0.2, 0) is 11.2 Å². The minimum absolute atomic E-state index is 0.0227. The van der Waals surface area contributed by atoms with Crippen molar-refractivity contribution < 1.29 is 18.9 Å². The average Bonchev–Trinajstić information content (AvgIpc) is 2.93. The fourth-order valence-corrected chi connectivity index (χ4v) is 3.84. The molecule has 2 amide bonds. The zero-order chi connectivity index (χ0) is 21.8. The molecule has 1 N–H and O–H groups in total. The molecule has 1 fully saturated rings. The average molecular weight is 421 g/mol. The minimum atomic E-state index is -0.484. The number of nitro groups is 1. The SMILES string of the molecule is O=C(Cc1ccc([N+](=O)[O-])cc1)Nc1c(C(=O)N2CCCCCC2)oc2ccccc12. The lowest BCUT2D eigenvalue weighted by Gasteiger charge is -2.19. The second kappa shape index (κ2) is 8.99. The number of para-hydroxylation sites is 1. The van der Waals surface area contributed by atoms with E-state index in [0.717, 1.165) is 25.7 Å². The van der Waals surface area contributed by atoms with Crippen LogP contribution in [0.4, 0.5) is 11.4 Å². The van der Waals surface area contributed by atoms with E-state index < -0.39 is 4.92 Å². The summed E-state index contributed by atoms with van der Waals surface area (Å²) in [4.78, 5) is 38.0. The van der Waals surface area contributed by atoms with Gasteiger partial charge in [0.1, 0.15) is 11.3 Å². The van der Waals surface area contributed by atoms with Gasteiger partial charge < -0.3 is 14.6 Å². The van der Waals surface area contributed by atoms with Gasteiger partial charge in [-0.25, -0.2) is 0 Å². The minimum Gasteiger partial charge on any atom is -0.449 e. The van der Waals surface area contributed by atoms with Gasteiger partial charge in [-0.2, -0.15) is 0 Å². The number of likely N-dealkylation sites (tertiary alicyclic amines) is 1. The molecule has 160 valence electrons. The third kappa shape index (κ3) is 4.58. The van der Waals surface area contributed by atoms with E-state index in [1.165, 1.54) is 12.1 Å². The second-order valence-electron chi connectivity index (χ2n) is 7.66. The van der Waals surface area contributed by atoms with Crippen LogP contribution in [-0.4, -0.2) is 34.7 Å². The number of anilines is 1. The number of benzene rings is 2. The number of nitrogens with zero attached hydrogens (tertiary/aromatic N) is 2. The van der Waals surface area contributed by atoms with Gasteiger partial charge in [0.05, 0.1) is 11.3 Å². The summed E-state index contributed by atoms with van der Waals surface area (Å²) in [6, 6.07) is 13.0. The number of furan rings is 1. The summed E-state index contributed by atoms with van der Waals surface area (Å²) in [7, 11) is 0. The first kappa shape index (κ1) is 20.6. The van der Waals surface area contributed by atoms with Gasteiger partial charge in [-0.1, -0.05) is 37.1 Å². The Kier molecular flexibility index (Phi) is 5.97. The predicted molar refractivity (Wildman–Crippen MR) is 116 cm³/mol. The molecule has 1 saturated heterocycles. The number of fused-ring (bicyclic) bond motifs is 1. The highest BCUT2D eigenvalue weighted by Crippen LogP contribution is 2.32. The lowest BCUT2D eigenvalue weighted by molar-refractivity contribution is -0.384. The zero-order valence-electron chi connectivity index (χ0n) is 17.0. The number of nitro benzene ring substituents is 1. The molecule has 1 aliphatic heterocycles. The van der Waals surface area contributed by atoms with Gasteiger partial charge in [-0.3, -0.25) is 19.7 Å². The molecule has 8 nitrogen and oxygen atoms in total. The topological polar surface area (TPSA) is 106 Å². The maximum absolute atomic E-state index is 13.2. The molecule has 2 aromatic carbocycles. The third-order valence-corrected chi connectivity index (χ3v) is 5.46. The summed E-state index contributed by atoms with van der Waals surface area (Å²) < 4.78 is 5.87. The molecule has 4 rings (SSSR count). The number of hydrogen-bond acceptors (Lipinski definition) is 5. The van der Waals surface area contributed by atoms with Gasteiger partial charge in [-0.05, 0) is 30.5 Å². The van der Waals surface area contributed by atoms with Crippen molar-refractivity contribution in [2.75, 3.05) is 18.4 Å². The highest BCUT2D eigenvalue weighted by molar-refractivity contribution is 6.11. The molecule has 0 atom stereocenters.